The molecule has 1 aliphatic heterocycles. The second-order valence-electron chi connectivity index (χ2n) is 8.24. The molecule has 1 fully saturated rings. The fourth-order valence-electron chi connectivity index (χ4n) is 3.97. The molecule has 1 unspecified atom stereocenters. The highest BCUT2D eigenvalue weighted by Gasteiger charge is 2.22. The largest absolute Gasteiger partial charge is 0.494 e. The van der Waals surface area contributed by atoms with Gasteiger partial charge in [0, 0.05) is 13.1 Å². The van der Waals surface area contributed by atoms with E-state index in [2.05, 4.69) is 10.2 Å². The van der Waals surface area contributed by atoms with Crippen LogP contribution in [-0.4, -0.2) is 56.0 Å². The van der Waals surface area contributed by atoms with Gasteiger partial charge < -0.3 is 15.0 Å². The maximum Gasteiger partial charge on any atom is 0.242 e. The van der Waals surface area contributed by atoms with E-state index >= 15 is 0 Å². The van der Waals surface area contributed by atoms with E-state index < -0.39 is 0 Å². The SMILES string of the molecule is CN(C)C(C(=O)NCc1ccc(OCCCN2CCCCC2)cc1)c1ccccc1. The molecule has 0 aliphatic carbocycles. The first-order chi connectivity index (χ1) is 14.6. The van der Waals surface area contributed by atoms with Crippen LogP contribution in [0.5, 0.6) is 5.75 Å². The molecule has 1 atom stereocenters. The minimum absolute atomic E-state index is 0.00393. The van der Waals surface area contributed by atoms with Crippen LogP contribution in [0.4, 0.5) is 0 Å². The molecular formula is C25H35N3O2. The van der Waals surface area contributed by atoms with Crippen molar-refractivity contribution in [1.82, 2.24) is 15.1 Å². The van der Waals surface area contributed by atoms with Gasteiger partial charge in [-0.3, -0.25) is 9.69 Å². The molecule has 30 heavy (non-hydrogen) atoms. The van der Waals surface area contributed by atoms with E-state index in [1.54, 1.807) is 0 Å². The van der Waals surface area contributed by atoms with E-state index in [9.17, 15) is 4.79 Å². The van der Waals surface area contributed by atoms with E-state index in [4.69, 9.17) is 4.74 Å². The van der Waals surface area contributed by atoms with Crippen LogP contribution >= 0.6 is 0 Å². The molecule has 5 heteroatoms. The topological polar surface area (TPSA) is 44.8 Å². The van der Waals surface area contributed by atoms with E-state index in [0.29, 0.717) is 6.54 Å². The fourth-order valence-corrected chi connectivity index (χ4v) is 3.97. The van der Waals surface area contributed by atoms with Gasteiger partial charge in [-0.1, -0.05) is 48.9 Å². The number of likely N-dealkylation sites (N-methyl/N-ethyl adjacent to an activating group) is 1. The van der Waals surface area contributed by atoms with E-state index in [1.165, 1.54) is 32.4 Å². The van der Waals surface area contributed by atoms with Gasteiger partial charge in [-0.05, 0) is 69.7 Å². The van der Waals surface area contributed by atoms with Crippen LogP contribution in [0.2, 0.25) is 0 Å². The lowest BCUT2D eigenvalue weighted by molar-refractivity contribution is -0.125. The van der Waals surface area contributed by atoms with Crippen molar-refractivity contribution in [2.45, 2.75) is 38.3 Å². The van der Waals surface area contributed by atoms with Crippen molar-refractivity contribution in [2.75, 3.05) is 40.3 Å². The lowest BCUT2D eigenvalue weighted by Gasteiger charge is -2.26. The Bertz CT molecular complexity index is 756. The first-order valence-corrected chi connectivity index (χ1v) is 11.1. The maximum atomic E-state index is 12.7. The molecule has 5 nitrogen and oxygen atoms in total. The number of likely N-dealkylation sites (tertiary alicyclic amines) is 1. The number of nitrogens with one attached hydrogen (secondary N) is 1. The Kier molecular flexibility index (Phi) is 8.72. The molecule has 0 aromatic heterocycles. The summed E-state index contributed by atoms with van der Waals surface area (Å²) in [5.41, 5.74) is 2.06. The standard InChI is InChI=1S/C25H35N3O2/c1-27(2)24(22-10-5-3-6-11-22)25(29)26-20-21-12-14-23(15-13-21)30-19-9-18-28-16-7-4-8-17-28/h3,5-6,10-15,24H,4,7-9,16-20H2,1-2H3,(H,26,29). The Labute approximate surface area is 181 Å². The van der Waals surface area contributed by atoms with Gasteiger partial charge in [-0.2, -0.15) is 0 Å². The Morgan fingerprint density at radius 1 is 1.03 bits per heavy atom. The molecule has 3 rings (SSSR count). The maximum absolute atomic E-state index is 12.7. The average Bonchev–Trinajstić information content (AvgIpc) is 2.77. The van der Waals surface area contributed by atoms with Gasteiger partial charge in [0.15, 0.2) is 0 Å². The van der Waals surface area contributed by atoms with Crippen LogP contribution in [-0.2, 0) is 11.3 Å². The summed E-state index contributed by atoms with van der Waals surface area (Å²) in [6.07, 6.45) is 5.10. The summed E-state index contributed by atoms with van der Waals surface area (Å²) in [6, 6.07) is 17.6. The van der Waals surface area contributed by atoms with Gasteiger partial charge in [-0.25, -0.2) is 0 Å². The lowest BCUT2D eigenvalue weighted by atomic mass is 10.1. The third-order valence-corrected chi connectivity index (χ3v) is 5.61. The summed E-state index contributed by atoms with van der Waals surface area (Å²) >= 11 is 0. The molecule has 1 aliphatic rings. The van der Waals surface area contributed by atoms with Gasteiger partial charge in [0.25, 0.3) is 0 Å². The summed E-state index contributed by atoms with van der Waals surface area (Å²) in [5.74, 6) is 0.892. The average molecular weight is 410 g/mol. The van der Waals surface area contributed by atoms with Crippen molar-refractivity contribution in [3.63, 3.8) is 0 Å². The fraction of sp³-hybridized carbons (Fsp3) is 0.480. The quantitative estimate of drug-likeness (QED) is 0.605. The van der Waals surface area contributed by atoms with Crippen LogP contribution in [0.3, 0.4) is 0 Å². The Morgan fingerprint density at radius 2 is 1.73 bits per heavy atom. The van der Waals surface area contributed by atoms with Gasteiger partial charge in [-0.15, -0.1) is 0 Å². The van der Waals surface area contributed by atoms with Crippen molar-refractivity contribution in [3.05, 3.63) is 65.7 Å². The summed E-state index contributed by atoms with van der Waals surface area (Å²) in [4.78, 5) is 17.2. The molecule has 0 saturated carbocycles. The summed E-state index contributed by atoms with van der Waals surface area (Å²) in [7, 11) is 3.85. The molecule has 1 saturated heterocycles. The third kappa shape index (κ3) is 6.85. The number of rotatable bonds is 10. The number of hydrogen-bond donors (Lipinski definition) is 1. The molecule has 1 heterocycles. The normalized spacial score (nSPS) is 15.7. The molecule has 0 spiro atoms. The van der Waals surface area contributed by atoms with Crippen LogP contribution in [0.25, 0.3) is 0 Å². The number of ether oxygens (including phenoxy) is 1. The van der Waals surface area contributed by atoms with Gasteiger partial charge in [0.05, 0.1) is 6.61 Å². The molecule has 1 N–H and O–H groups in total. The number of piperidine rings is 1. The lowest BCUT2D eigenvalue weighted by Crippen LogP contribution is -2.36. The number of amides is 1. The van der Waals surface area contributed by atoms with Crippen LogP contribution < -0.4 is 10.1 Å². The van der Waals surface area contributed by atoms with Crippen LogP contribution in [0.1, 0.15) is 42.9 Å². The minimum Gasteiger partial charge on any atom is -0.494 e. The Hall–Kier alpha value is -2.37. The second kappa shape index (κ2) is 11.7. The van der Waals surface area contributed by atoms with E-state index in [1.807, 2.05) is 73.6 Å². The molecule has 162 valence electrons. The van der Waals surface area contributed by atoms with Gasteiger partial charge in [0.2, 0.25) is 5.91 Å². The zero-order valence-corrected chi connectivity index (χ0v) is 18.3. The number of hydrogen-bond acceptors (Lipinski definition) is 4. The number of carbonyl (C=O) groups is 1. The predicted octanol–water partition coefficient (Wildman–Crippen LogP) is 3.86. The van der Waals surface area contributed by atoms with Gasteiger partial charge in [0.1, 0.15) is 11.8 Å². The van der Waals surface area contributed by atoms with Crippen LogP contribution in [0, 0.1) is 0 Å². The predicted molar refractivity (Wildman–Crippen MR) is 122 cm³/mol. The first kappa shape index (κ1) is 22.3. The van der Waals surface area contributed by atoms with Crippen molar-refractivity contribution < 1.29 is 9.53 Å². The zero-order valence-electron chi connectivity index (χ0n) is 18.3. The molecule has 0 bridgehead atoms. The summed E-state index contributed by atoms with van der Waals surface area (Å²) < 4.78 is 5.88. The second-order valence-corrected chi connectivity index (χ2v) is 8.24. The monoisotopic (exact) mass is 409 g/mol. The molecule has 1 amide bonds. The zero-order chi connectivity index (χ0) is 21.2. The van der Waals surface area contributed by atoms with Crippen LogP contribution in [0.15, 0.2) is 54.6 Å². The molecule has 0 radical (unpaired) electrons. The Morgan fingerprint density at radius 3 is 2.40 bits per heavy atom. The minimum atomic E-state index is -0.297. The first-order valence-electron chi connectivity index (χ1n) is 11.1. The number of nitrogens with zero attached hydrogens (tertiary/aromatic N) is 2. The molecule has 2 aromatic carbocycles. The van der Waals surface area contributed by atoms with Crippen molar-refractivity contribution >= 4 is 5.91 Å². The van der Waals surface area contributed by atoms with Crippen molar-refractivity contribution in [3.8, 4) is 5.75 Å². The van der Waals surface area contributed by atoms with E-state index in [-0.39, 0.29) is 11.9 Å². The van der Waals surface area contributed by atoms with Crippen molar-refractivity contribution in [1.29, 1.82) is 0 Å². The highest BCUT2D eigenvalue weighted by atomic mass is 16.5. The van der Waals surface area contributed by atoms with Crippen molar-refractivity contribution in [2.24, 2.45) is 0 Å². The highest BCUT2D eigenvalue weighted by Crippen LogP contribution is 2.19. The van der Waals surface area contributed by atoms with Gasteiger partial charge >= 0.3 is 0 Å². The highest BCUT2D eigenvalue weighted by molar-refractivity contribution is 5.83. The Balaban J connectivity index is 1.41. The summed E-state index contributed by atoms with van der Waals surface area (Å²) in [6.45, 7) is 4.84. The number of carbonyl (C=O) groups excluding carboxylic acids is 1. The van der Waals surface area contributed by atoms with E-state index in [0.717, 1.165) is 36.4 Å². The number of benzene rings is 2. The molecular weight excluding hydrogens is 374 g/mol. The molecule has 2 aromatic rings. The third-order valence-electron chi connectivity index (χ3n) is 5.61. The smallest absolute Gasteiger partial charge is 0.242 e. The summed E-state index contributed by atoms with van der Waals surface area (Å²) in [5, 5.41) is 3.06.